The summed E-state index contributed by atoms with van der Waals surface area (Å²) in [6, 6.07) is 7.73. The van der Waals surface area contributed by atoms with E-state index in [4.69, 9.17) is 0 Å². The van der Waals surface area contributed by atoms with Crippen LogP contribution < -0.4 is 4.90 Å². The lowest BCUT2D eigenvalue weighted by Crippen LogP contribution is -2.30. The van der Waals surface area contributed by atoms with Crippen LogP contribution in [-0.4, -0.2) is 33.8 Å². The third-order valence-corrected chi connectivity index (χ3v) is 4.38. The van der Waals surface area contributed by atoms with Crippen molar-refractivity contribution in [2.24, 2.45) is 0 Å². The molecule has 0 aliphatic carbocycles. The zero-order valence-corrected chi connectivity index (χ0v) is 11.9. The molecule has 0 radical (unpaired) electrons. The van der Waals surface area contributed by atoms with Crippen molar-refractivity contribution < 1.29 is 9.90 Å². The van der Waals surface area contributed by atoms with Gasteiger partial charge in [0.05, 0.1) is 12.3 Å². The fraction of sp³-hybridized carbons (Fsp3) is 0.357. The highest BCUT2D eigenvalue weighted by Gasteiger charge is 2.33. The van der Waals surface area contributed by atoms with Gasteiger partial charge in [0.1, 0.15) is 4.88 Å². The number of para-hydroxylation sites is 1. The average molecular weight is 289 g/mol. The predicted molar refractivity (Wildman–Crippen MR) is 77.2 cm³/mol. The first-order valence-corrected chi connectivity index (χ1v) is 7.36. The van der Waals surface area contributed by atoms with Gasteiger partial charge in [-0.3, -0.25) is 4.79 Å². The molecule has 1 aliphatic heterocycles. The summed E-state index contributed by atoms with van der Waals surface area (Å²) in [7, 11) is 0. The van der Waals surface area contributed by atoms with E-state index in [1.807, 2.05) is 31.2 Å². The molecule has 1 atom stereocenters. The Morgan fingerprint density at radius 2 is 2.30 bits per heavy atom. The number of benzene rings is 1. The summed E-state index contributed by atoms with van der Waals surface area (Å²) in [6.45, 7) is 2.51. The number of anilines is 1. The van der Waals surface area contributed by atoms with Gasteiger partial charge in [0, 0.05) is 18.2 Å². The molecule has 0 saturated heterocycles. The van der Waals surface area contributed by atoms with Gasteiger partial charge in [-0.05, 0) is 29.6 Å². The van der Waals surface area contributed by atoms with Gasteiger partial charge < -0.3 is 10.0 Å². The molecule has 0 bridgehead atoms. The number of fused-ring (bicyclic) bond motifs is 1. The zero-order valence-electron chi connectivity index (χ0n) is 11.1. The smallest absolute Gasteiger partial charge is 0.271 e. The summed E-state index contributed by atoms with van der Waals surface area (Å²) in [5, 5.41) is 13.5. The van der Waals surface area contributed by atoms with Crippen molar-refractivity contribution >= 4 is 23.1 Å². The van der Waals surface area contributed by atoms with Gasteiger partial charge in [-0.25, -0.2) is 0 Å². The summed E-state index contributed by atoms with van der Waals surface area (Å²) < 4.78 is 3.88. The van der Waals surface area contributed by atoms with E-state index in [0.717, 1.165) is 28.5 Å². The quantitative estimate of drug-likeness (QED) is 0.936. The van der Waals surface area contributed by atoms with Crippen LogP contribution in [0.15, 0.2) is 24.3 Å². The Morgan fingerprint density at radius 1 is 1.50 bits per heavy atom. The summed E-state index contributed by atoms with van der Waals surface area (Å²) >= 11 is 1.14. The molecule has 104 valence electrons. The molecule has 20 heavy (non-hydrogen) atoms. The van der Waals surface area contributed by atoms with Crippen LogP contribution in [0.1, 0.15) is 33.8 Å². The second kappa shape index (κ2) is 5.30. The van der Waals surface area contributed by atoms with E-state index in [2.05, 4.69) is 9.59 Å². The van der Waals surface area contributed by atoms with Crippen molar-refractivity contribution in [3.8, 4) is 0 Å². The van der Waals surface area contributed by atoms with Gasteiger partial charge in [-0.1, -0.05) is 29.6 Å². The number of hydrogen-bond donors (Lipinski definition) is 1. The van der Waals surface area contributed by atoms with Crippen LogP contribution in [-0.2, 0) is 6.42 Å². The summed E-state index contributed by atoms with van der Waals surface area (Å²) in [5.41, 5.74) is 2.65. The van der Waals surface area contributed by atoms with Crippen molar-refractivity contribution in [2.45, 2.75) is 19.3 Å². The maximum Gasteiger partial charge on any atom is 0.271 e. The minimum atomic E-state index is -0.0692. The maximum atomic E-state index is 12.7. The molecule has 1 amide bonds. The summed E-state index contributed by atoms with van der Waals surface area (Å²) in [5.74, 6) is -0.0821. The second-order valence-electron chi connectivity index (χ2n) is 4.76. The summed E-state index contributed by atoms with van der Waals surface area (Å²) in [4.78, 5) is 15.0. The lowest BCUT2D eigenvalue weighted by molar-refractivity contribution is 0.0989. The first-order chi connectivity index (χ1) is 9.76. The largest absolute Gasteiger partial charge is 0.396 e. The zero-order chi connectivity index (χ0) is 14.1. The van der Waals surface area contributed by atoms with E-state index in [9.17, 15) is 9.90 Å². The molecule has 2 heterocycles. The number of aliphatic hydroxyl groups excluding tert-OH is 1. The number of aromatic nitrogens is 2. The number of aliphatic hydroxyl groups is 1. The van der Waals surface area contributed by atoms with Crippen molar-refractivity contribution in [2.75, 3.05) is 18.1 Å². The number of hydrogen-bond acceptors (Lipinski definition) is 5. The van der Waals surface area contributed by atoms with Gasteiger partial charge in [-0.15, -0.1) is 5.10 Å². The van der Waals surface area contributed by atoms with Gasteiger partial charge >= 0.3 is 0 Å². The van der Waals surface area contributed by atoms with Crippen molar-refractivity contribution in [1.82, 2.24) is 9.59 Å². The van der Waals surface area contributed by atoms with E-state index in [1.165, 1.54) is 0 Å². The van der Waals surface area contributed by atoms with Crippen LogP contribution in [0.3, 0.4) is 0 Å². The van der Waals surface area contributed by atoms with Crippen molar-refractivity contribution in [1.29, 1.82) is 0 Å². The average Bonchev–Trinajstić information content (AvgIpc) is 3.10. The normalized spacial score (nSPS) is 17.3. The van der Waals surface area contributed by atoms with Crippen molar-refractivity contribution in [3.05, 3.63) is 40.4 Å². The molecule has 5 nitrogen and oxygen atoms in total. The molecule has 0 fully saturated rings. The fourth-order valence-electron chi connectivity index (χ4n) is 2.57. The van der Waals surface area contributed by atoms with E-state index in [-0.39, 0.29) is 18.4 Å². The number of amides is 1. The minimum Gasteiger partial charge on any atom is -0.396 e. The highest BCUT2D eigenvalue weighted by Crippen LogP contribution is 2.37. The third kappa shape index (κ3) is 2.01. The molecular formula is C14H15N3O2S. The highest BCUT2D eigenvalue weighted by atomic mass is 32.1. The molecule has 0 saturated carbocycles. The molecule has 1 aromatic heterocycles. The molecule has 1 aromatic carbocycles. The second-order valence-corrected chi connectivity index (χ2v) is 5.51. The van der Waals surface area contributed by atoms with E-state index >= 15 is 0 Å². The number of aryl methyl sites for hydroxylation is 1. The minimum absolute atomic E-state index is 0.0129. The number of rotatable bonds is 3. The van der Waals surface area contributed by atoms with Gasteiger partial charge in [0.2, 0.25) is 0 Å². The predicted octanol–water partition coefficient (Wildman–Crippen LogP) is 1.84. The van der Waals surface area contributed by atoms with E-state index < -0.39 is 0 Å². The monoisotopic (exact) mass is 289 g/mol. The lowest BCUT2D eigenvalue weighted by atomic mass is 10.0. The molecule has 1 N–H and O–H groups in total. The van der Waals surface area contributed by atoms with Crippen LogP contribution in [0.5, 0.6) is 0 Å². The Morgan fingerprint density at radius 3 is 3.05 bits per heavy atom. The first kappa shape index (κ1) is 13.2. The molecule has 2 aromatic rings. The molecule has 3 rings (SSSR count). The molecular weight excluding hydrogens is 274 g/mol. The molecule has 1 aliphatic rings. The Bertz CT molecular complexity index is 641. The number of carbonyl (C=O) groups excluding carboxylic acids is 1. The van der Waals surface area contributed by atoms with Gasteiger partial charge in [0.15, 0.2) is 0 Å². The molecule has 0 spiro atoms. The van der Waals surface area contributed by atoms with Gasteiger partial charge in [0.25, 0.3) is 5.91 Å². The first-order valence-electron chi connectivity index (χ1n) is 6.59. The SMILES string of the molecule is CCc1nnsc1C(=O)N1CC(CO)c2ccccc21. The van der Waals surface area contributed by atoms with Crippen molar-refractivity contribution in [3.63, 3.8) is 0 Å². The Balaban J connectivity index is 1.98. The topological polar surface area (TPSA) is 66.3 Å². The van der Waals surface area contributed by atoms with Crippen LogP contribution in [0.2, 0.25) is 0 Å². The van der Waals surface area contributed by atoms with E-state index in [1.54, 1.807) is 4.90 Å². The van der Waals surface area contributed by atoms with Crippen LogP contribution in [0.4, 0.5) is 5.69 Å². The van der Waals surface area contributed by atoms with Crippen LogP contribution in [0.25, 0.3) is 0 Å². The van der Waals surface area contributed by atoms with Crippen LogP contribution >= 0.6 is 11.5 Å². The Hall–Kier alpha value is -1.79. The number of nitrogens with zero attached hydrogens (tertiary/aromatic N) is 3. The van der Waals surface area contributed by atoms with E-state index in [0.29, 0.717) is 17.8 Å². The lowest BCUT2D eigenvalue weighted by Gasteiger charge is -2.16. The summed E-state index contributed by atoms with van der Waals surface area (Å²) in [6.07, 6.45) is 0.691. The molecule has 1 unspecified atom stereocenters. The standard InChI is InChI=1S/C14H15N3O2S/c1-2-11-13(20-16-15-11)14(19)17-7-9(8-18)10-5-3-4-6-12(10)17/h3-6,9,18H,2,7-8H2,1H3. The Kier molecular flexibility index (Phi) is 3.50. The highest BCUT2D eigenvalue weighted by molar-refractivity contribution is 7.08. The third-order valence-electron chi connectivity index (χ3n) is 3.62. The van der Waals surface area contributed by atoms with Gasteiger partial charge in [-0.2, -0.15) is 0 Å². The fourth-order valence-corrected chi connectivity index (χ4v) is 3.27. The van der Waals surface area contributed by atoms with Crippen LogP contribution in [0, 0.1) is 0 Å². The Labute approximate surface area is 121 Å². The maximum absolute atomic E-state index is 12.7. The molecule has 6 heteroatoms. The number of carbonyl (C=O) groups is 1.